The molecule has 0 unspecified atom stereocenters. The smallest absolute Gasteiger partial charge is 0.336 e. The van der Waals surface area contributed by atoms with Gasteiger partial charge >= 0.3 is 5.63 Å². The molecular formula is C22H21NO6S. The Balaban J connectivity index is 1.50. The van der Waals surface area contributed by atoms with Gasteiger partial charge in [-0.15, -0.1) is 0 Å². The molecule has 30 heavy (non-hydrogen) atoms. The second-order valence-corrected chi connectivity index (χ2v) is 9.54. The molecular weight excluding hydrogens is 406 g/mol. The highest BCUT2D eigenvalue weighted by atomic mass is 32.2. The van der Waals surface area contributed by atoms with Crippen LogP contribution in [0.3, 0.4) is 0 Å². The molecule has 2 heterocycles. The first-order valence-corrected chi connectivity index (χ1v) is 11.4. The third kappa shape index (κ3) is 4.71. The van der Waals surface area contributed by atoms with Crippen molar-refractivity contribution < 1.29 is 22.4 Å². The first kappa shape index (κ1) is 20.2. The standard InChI is InChI=1S/C22H21NO6S/c24-21(14-28-19-8-6-17-7-9-22(25)29-20(17)12-19)23(13-16-4-2-1-3-5-16)18-10-11-30(26,27)15-18/h1-9,12,18H,10-11,13-15H2/t18-/m1/s1. The van der Waals surface area contributed by atoms with Crippen molar-refractivity contribution in [2.75, 3.05) is 18.1 Å². The summed E-state index contributed by atoms with van der Waals surface area (Å²) in [6, 6.07) is 17.0. The maximum absolute atomic E-state index is 13.0. The second kappa shape index (κ2) is 8.31. The van der Waals surface area contributed by atoms with Crippen LogP contribution >= 0.6 is 0 Å². The summed E-state index contributed by atoms with van der Waals surface area (Å²) in [5, 5.41) is 0.746. The summed E-state index contributed by atoms with van der Waals surface area (Å²) >= 11 is 0. The molecule has 1 saturated heterocycles. The second-order valence-electron chi connectivity index (χ2n) is 7.31. The van der Waals surface area contributed by atoms with Crippen LogP contribution < -0.4 is 10.4 Å². The molecule has 0 bridgehead atoms. The minimum absolute atomic E-state index is 0.0350. The van der Waals surface area contributed by atoms with Gasteiger partial charge in [-0.3, -0.25) is 4.79 Å². The highest BCUT2D eigenvalue weighted by molar-refractivity contribution is 7.91. The fraction of sp³-hybridized carbons (Fsp3) is 0.273. The molecule has 1 aromatic heterocycles. The van der Waals surface area contributed by atoms with Crippen molar-refractivity contribution >= 4 is 26.7 Å². The van der Waals surface area contributed by atoms with Crippen molar-refractivity contribution in [3.05, 3.63) is 76.6 Å². The molecule has 1 fully saturated rings. The Bertz CT molecular complexity index is 1220. The number of sulfone groups is 1. The Kier molecular flexibility index (Phi) is 5.59. The van der Waals surface area contributed by atoms with E-state index >= 15 is 0 Å². The Morgan fingerprint density at radius 2 is 1.87 bits per heavy atom. The van der Waals surface area contributed by atoms with E-state index in [0.29, 0.717) is 24.3 Å². The highest BCUT2D eigenvalue weighted by Gasteiger charge is 2.34. The summed E-state index contributed by atoms with van der Waals surface area (Å²) in [6.45, 7) is 0.0712. The zero-order valence-electron chi connectivity index (χ0n) is 16.2. The number of rotatable bonds is 6. The number of amides is 1. The summed E-state index contributed by atoms with van der Waals surface area (Å²) in [5.74, 6) is 0.146. The molecule has 1 aliphatic rings. The van der Waals surface area contributed by atoms with Crippen molar-refractivity contribution in [3.63, 3.8) is 0 Å². The van der Waals surface area contributed by atoms with Crippen LogP contribution in [-0.2, 0) is 21.2 Å². The van der Waals surface area contributed by atoms with Crippen molar-refractivity contribution in [3.8, 4) is 5.75 Å². The van der Waals surface area contributed by atoms with Crippen LogP contribution in [0.25, 0.3) is 11.0 Å². The van der Waals surface area contributed by atoms with Crippen LogP contribution in [0.15, 0.2) is 69.9 Å². The van der Waals surface area contributed by atoms with Crippen molar-refractivity contribution in [1.82, 2.24) is 4.90 Å². The lowest BCUT2D eigenvalue weighted by atomic mass is 10.1. The largest absolute Gasteiger partial charge is 0.484 e. The first-order valence-electron chi connectivity index (χ1n) is 9.60. The van der Waals surface area contributed by atoms with Gasteiger partial charge in [-0.25, -0.2) is 13.2 Å². The molecule has 0 aliphatic carbocycles. The van der Waals surface area contributed by atoms with Gasteiger partial charge in [-0.1, -0.05) is 30.3 Å². The van der Waals surface area contributed by atoms with Crippen molar-refractivity contribution in [1.29, 1.82) is 0 Å². The summed E-state index contributed by atoms with van der Waals surface area (Å²) in [5.41, 5.74) is 0.824. The lowest BCUT2D eigenvalue weighted by molar-refractivity contribution is -0.136. The van der Waals surface area contributed by atoms with Gasteiger partial charge in [0.25, 0.3) is 5.91 Å². The van der Waals surface area contributed by atoms with Gasteiger partial charge in [0.05, 0.1) is 11.5 Å². The van der Waals surface area contributed by atoms with E-state index < -0.39 is 15.5 Å². The number of ether oxygens (including phenoxy) is 1. The van der Waals surface area contributed by atoms with Crippen LogP contribution in [0, 0.1) is 0 Å². The molecule has 0 radical (unpaired) electrons. The molecule has 0 spiro atoms. The van der Waals surface area contributed by atoms with Gasteiger partial charge in [-0.05, 0) is 30.2 Å². The molecule has 2 aromatic carbocycles. The summed E-state index contributed by atoms with van der Waals surface area (Å²) in [4.78, 5) is 26.0. The van der Waals surface area contributed by atoms with Gasteiger partial charge in [0.15, 0.2) is 16.4 Å². The molecule has 0 saturated carbocycles. The molecule has 4 rings (SSSR count). The van der Waals surface area contributed by atoms with Gasteiger partial charge in [0.2, 0.25) is 0 Å². The number of carbonyl (C=O) groups is 1. The van der Waals surface area contributed by atoms with E-state index in [-0.39, 0.29) is 30.1 Å². The molecule has 3 aromatic rings. The predicted octanol–water partition coefficient (Wildman–Crippen LogP) is 2.39. The van der Waals surface area contributed by atoms with E-state index in [9.17, 15) is 18.0 Å². The third-order valence-corrected chi connectivity index (χ3v) is 6.87. The number of benzene rings is 2. The minimum atomic E-state index is -3.14. The fourth-order valence-corrected chi connectivity index (χ4v) is 5.31. The van der Waals surface area contributed by atoms with Crippen molar-refractivity contribution in [2.45, 2.75) is 19.0 Å². The zero-order valence-corrected chi connectivity index (χ0v) is 17.0. The van der Waals surface area contributed by atoms with Crippen LogP contribution in [-0.4, -0.2) is 43.4 Å². The van der Waals surface area contributed by atoms with E-state index in [1.54, 1.807) is 29.2 Å². The fourth-order valence-electron chi connectivity index (χ4n) is 3.58. The molecule has 7 nitrogen and oxygen atoms in total. The molecule has 1 atom stereocenters. The van der Waals surface area contributed by atoms with Crippen LogP contribution in [0.4, 0.5) is 0 Å². The average Bonchev–Trinajstić information content (AvgIpc) is 3.10. The van der Waals surface area contributed by atoms with Gasteiger partial charge in [0, 0.05) is 30.1 Å². The summed E-state index contributed by atoms with van der Waals surface area (Å²) in [6.07, 6.45) is 0.419. The number of nitrogens with zero attached hydrogens (tertiary/aromatic N) is 1. The lowest BCUT2D eigenvalue weighted by Crippen LogP contribution is -2.43. The summed E-state index contributed by atoms with van der Waals surface area (Å²) < 4.78 is 34.7. The maximum atomic E-state index is 13.0. The quantitative estimate of drug-likeness (QED) is 0.561. The molecule has 8 heteroatoms. The van der Waals surface area contributed by atoms with E-state index in [4.69, 9.17) is 9.15 Å². The number of hydrogen-bond acceptors (Lipinski definition) is 6. The molecule has 1 aliphatic heterocycles. The average molecular weight is 427 g/mol. The van der Waals surface area contributed by atoms with Crippen LogP contribution in [0.2, 0.25) is 0 Å². The highest BCUT2D eigenvalue weighted by Crippen LogP contribution is 2.22. The maximum Gasteiger partial charge on any atom is 0.336 e. The van der Waals surface area contributed by atoms with E-state index in [0.717, 1.165) is 10.9 Å². The lowest BCUT2D eigenvalue weighted by Gasteiger charge is -2.28. The Hall–Kier alpha value is -3.13. The topological polar surface area (TPSA) is 93.9 Å². The molecule has 0 N–H and O–H groups in total. The Morgan fingerprint density at radius 1 is 1.10 bits per heavy atom. The number of carbonyl (C=O) groups excluding carboxylic acids is 1. The van der Waals surface area contributed by atoms with Gasteiger partial charge in [0.1, 0.15) is 11.3 Å². The zero-order chi connectivity index (χ0) is 21.1. The number of hydrogen-bond donors (Lipinski definition) is 0. The van der Waals surface area contributed by atoms with Crippen LogP contribution in [0.1, 0.15) is 12.0 Å². The molecule has 156 valence electrons. The third-order valence-electron chi connectivity index (χ3n) is 5.12. The van der Waals surface area contributed by atoms with Gasteiger partial charge in [-0.2, -0.15) is 0 Å². The Morgan fingerprint density at radius 3 is 2.60 bits per heavy atom. The minimum Gasteiger partial charge on any atom is -0.484 e. The first-order chi connectivity index (χ1) is 14.4. The van der Waals surface area contributed by atoms with E-state index in [1.165, 1.54) is 6.07 Å². The van der Waals surface area contributed by atoms with Crippen LogP contribution in [0.5, 0.6) is 5.75 Å². The van der Waals surface area contributed by atoms with E-state index in [2.05, 4.69) is 0 Å². The summed E-state index contributed by atoms with van der Waals surface area (Å²) in [7, 11) is -3.14. The van der Waals surface area contributed by atoms with E-state index in [1.807, 2.05) is 30.3 Å². The Labute approximate surface area is 173 Å². The normalized spacial score (nSPS) is 17.7. The predicted molar refractivity (Wildman–Crippen MR) is 112 cm³/mol. The SMILES string of the molecule is O=C(COc1ccc2ccc(=O)oc2c1)N(Cc1ccccc1)[C@@H]1CCS(=O)(=O)C1. The monoisotopic (exact) mass is 427 g/mol. The molecule has 1 amide bonds. The number of fused-ring (bicyclic) bond motifs is 1. The van der Waals surface area contributed by atoms with Crippen molar-refractivity contribution in [2.24, 2.45) is 0 Å². The van der Waals surface area contributed by atoms with Gasteiger partial charge < -0.3 is 14.1 Å².